The molecular weight excluding hydrogens is 507 g/mol. The summed E-state index contributed by atoms with van der Waals surface area (Å²) in [5.74, 6) is -2.70. The van der Waals surface area contributed by atoms with Gasteiger partial charge in [-0.3, -0.25) is 34.4 Å². The SMILES string of the molecule is CC(C)(C)O[C@@H]1C[C@@H](C(=O)O)N(Cc2ccnc(-c3ccc4c(c3)CN(C3CCC(=O)NC3=O)C4=O)c2F)C1. The van der Waals surface area contributed by atoms with Crippen LogP contribution in [0, 0.1) is 5.82 Å². The molecule has 0 radical (unpaired) electrons. The number of likely N-dealkylation sites (tertiary alicyclic amines) is 1. The third-order valence-electron chi connectivity index (χ3n) is 7.31. The smallest absolute Gasteiger partial charge is 0.321 e. The van der Waals surface area contributed by atoms with Crippen LogP contribution in [-0.4, -0.2) is 73.9 Å². The number of amides is 3. The van der Waals surface area contributed by atoms with Crippen LogP contribution in [0.5, 0.6) is 0 Å². The molecule has 3 aliphatic heterocycles. The van der Waals surface area contributed by atoms with Crippen molar-refractivity contribution >= 4 is 23.7 Å². The Morgan fingerprint density at radius 1 is 1.23 bits per heavy atom. The molecule has 0 aliphatic carbocycles. The van der Waals surface area contributed by atoms with Crippen molar-refractivity contribution in [1.82, 2.24) is 20.1 Å². The molecule has 3 atom stereocenters. The molecular formula is C28H31FN4O6. The van der Waals surface area contributed by atoms with Gasteiger partial charge in [0, 0.05) is 55.4 Å². The van der Waals surface area contributed by atoms with Gasteiger partial charge in [0.25, 0.3) is 5.91 Å². The van der Waals surface area contributed by atoms with Gasteiger partial charge in [-0.25, -0.2) is 4.39 Å². The van der Waals surface area contributed by atoms with Gasteiger partial charge in [0.1, 0.15) is 17.8 Å². The van der Waals surface area contributed by atoms with E-state index < -0.39 is 35.4 Å². The summed E-state index contributed by atoms with van der Waals surface area (Å²) in [4.78, 5) is 56.1. The lowest BCUT2D eigenvalue weighted by Gasteiger charge is -2.29. The molecule has 10 nitrogen and oxygen atoms in total. The molecule has 0 saturated carbocycles. The molecule has 3 amide bonds. The number of aliphatic carboxylic acids is 1. The second kappa shape index (κ2) is 10.1. The van der Waals surface area contributed by atoms with Crippen LogP contribution in [0.25, 0.3) is 11.3 Å². The highest BCUT2D eigenvalue weighted by atomic mass is 19.1. The maximum atomic E-state index is 15.8. The molecule has 39 heavy (non-hydrogen) atoms. The molecule has 11 heteroatoms. The van der Waals surface area contributed by atoms with Gasteiger partial charge in [0.2, 0.25) is 11.8 Å². The molecule has 1 aromatic heterocycles. The number of carboxylic acids is 1. The predicted octanol–water partition coefficient (Wildman–Crippen LogP) is 2.49. The van der Waals surface area contributed by atoms with E-state index in [1.54, 1.807) is 23.1 Å². The van der Waals surface area contributed by atoms with Crippen LogP contribution >= 0.6 is 0 Å². The van der Waals surface area contributed by atoms with Gasteiger partial charge in [-0.05, 0) is 51.0 Å². The van der Waals surface area contributed by atoms with E-state index in [1.165, 1.54) is 17.2 Å². The second-order valence-corrected chi connectivity index (χ2v) is 11.3. The number of nitrogens with zero attached hydrogens (tertiary/aromatic N) is 3. The Morgan fingerprint density at radius 3 is 2.69 bits per heavy atom. The van der Waals surface area contributed by atoms with E-state index in [0.717, 1.165) is 0 Å². The minimum Gasteiger partial charge on any atom is -0.480 e. The van der Waals surface area contributed by atoms with E-state index in [0.29, 0.717) is 35.2 Å². The molecule has 206 valence electrons. The number of rotatable bonds is 6. The summed E-state index contributed by atoms with van der Waals surface area (Å²) in [5, 5.41) is 12.0. The zero-order valence-corrected chi connectivity index (χ0v) is 22.1. The third kappa shape index (κ3) is 5.41. The maximum absolute atomic E-state index is 15.8. The number of hydrogen-bond acceptors (Lipinski definition) is 7. The number of ether oxygens (including phenoxy) is 1. The number of aromatic nitrogens is 1. The Morgan fingerprint density at radius 2 is 2.00 bits per heavy atom. The van der Waals surface area contributed by atoms with Gasteiger partial charge >= 0.3 is 5.97 Å². The predicted molar refractivity (Wildman–Crippen MR) is 137 cm³/mol. The number of nitrogens with one attached hydrogen (secondary N) is 1. The van der Waals surface area contributed by atoms with Crippen molar-refractivity contribution in [3.8, 4) is 11.3 Å². The number of pyridine rings is 1. The van der Waals surface area contributed by atoms with Crippen molar-refractivity contribution in [2.24, 2.45) is 0 Å². The standard InChI is InChI=1S/C28H31FN4O6/c1-28(2,3)39-18-11-21(27(37)38)32(14-18)12-16-8-9-30-24(23(16)29)15-4-5-19-17(10-15)13-33(26(19)36)20-6-7-22(34)31-25(20)35/h4-5,8-10,18,20-21H,6-7,11-14H2,1-3H3,(H,37,38)(H,31,34,35)/t18-,20?,21+/m1/s1. The molecule has 2 fully saturated rings. The van der Waals surface area contributed by atoms with Crippen LogP contribution < -0.4 is 5.32 Å². The van der Waals surface area contributed by atoms with Crippen LogP contribution in [-0.2, 0) is 32.2 Å². The fourth-order valence-electron chi connectivity index (χ4n) is 5.63. The molecule has 2 N–H and O–H groups in total. The third-order valence-corrected chi connectivity index (χ3v) is 7.31. The zero-order chi connectivity index (χ0) is 28.1. The Balaban J connectivity index is 1.36. The number of carbonyl (C=O) groups excluding carboxylic acids is 3. The van der Waals surface area contributed by atoms with Crippen LogP contribution in [0.4, 0.5) is 4.39 Å². The first-order valence-corrected chi connectivity index (χ1v) is 13.0. The first-order valence-electron chi connectivity index (χ1n) is 13.0. The van der Waals surface area contributed by atoms with E-state index in [4.69, 9.17) is 4.74 Å². The second-order valence-electron chi connectivity index (χ2n) is 11.3. The summed E-state index contributed by atoms with van der Waals surface area (Å²) in [6.45, 7) is 6.34. The van der Waals surface area contributed by atoms with Crippen molar-refractivity contribution < 1.29 is 33.4 Å². The summed E-state index contributed by atoms with van der Waals surface area (Å²) in [6, 6.07) is 4.91. The van der Waals surface area contributed by atoms with E-state index in [1.807, 2.05) is 20.8 Å². The number of benzene rings is 1. The number of imide groups is 1. The number of fused-ring (bicyclic) bond motifs is 1. The number of carboxylic acid groups (broad SMARTS) is 1. The zero-order valence-electron chi connectivity index (χ0n) is 22.1. The number of piperidine rings is 1. The summed E-state index contributed by atoms with van der Waals surface area (Å²) < 4.78 is 21.8. The quantitative estimate of drug-likeness (QED) is 0.537. The first kappa shape index (κ1) is 26.9. The molecule has 1 unspecified atom stereocenters. The molecule has 5 rings (SSSR count). The highest BCUT2D eigenvalue weighted by molar-refractivity contribution is 6.05. The van der Waals surface area contributed by atoms with Crippen LogP contribution in [0.3, 0.4) is 0 Å². The van der Waals surface area contributed by atoms with Crippen LogP contribution in [0.1, 0.15) is 61.5 Å². The molecule has 2 saturated heterocycles. The Labute approximate surface area is 225 Å². The van der Waals surface area contributed by atoms with Gasteiger partial charge in [-0.15, -0.1) is 0 Å². The van der Waals surface area contributed by atoms with Gasteiger partial charge in [0.05, 0.1) is 11.7 Å². The normalized spacial score (nSPS) is 23.7. The van der Waals surface area contributed by atoms with Crippen molar-refractivity contribution in [3.05, 3.63) is 53.0 Å². The Hall–Kier alpha value is -3.70. The van der Waals surface area contributed by atoms with Gasteiger partial charge < -0.3 is 14.7 Å². The lowest BCUT2D eigenvalue weighted by molar-refractivity contribution is -0.142. The lowest BCUT2D eigenvalue weighted by Crippen LogP contribution is -2.52. The maximum Gasteiger partial charge on any atom is 0.321 e. The Bertz CT molecular complexity index is 1360. The van der Waals surface area contributed by atoms with Gasteiger partial charge in [0.15, 0.2) is 5.82 Å². The molecule has 0 bridgehead atoms. The lowest BCUT2D eigenvalue weighted by atomic mass is 10.0. The van der Waals surface area contributed by atoms with Gasteiger partial charge in [-0.2, -0.15) is 0 Å². The fraction of sp³-hybridized carbons (Fsp3) is 0.464. The first-order chi connectivity index (χ1) is 18.4. The number of hydrogen-bond donors (Lipinski definition) is 2. The summed E-state index contributed by atoms with van der Waals surface area (Å²) >= 11 is 0. The van der Waals surface area contributed by atoms with Gasteiger partial charge in [-0.1, -0.05) is 6.07 Å². The molecule has 4 heterocycles. The van der Waals surface area contributed by atoms with Crippen molar-refractivity contribution in [2.45, 2.75) is 76.9 Å². The van der Waals surface area contributed by atoms with Crippen molar-refractivity contribution in [3.63, 3.8) is 0 Å². The fourth-order valence-corrected chi connectivity index (χ4v) is 5.63. The van der Waals surface area contributed by atoms with E-state index >= 15 is 4.39 Å². The summed E-state index contributed by atoms with van der Waals surface area (Å²) in [5.41, 5.74) is 1.51. The van der Waals surface area contributed by atoms with Crippen molar-refractivity contribution in [2.75, 3.05) is 6.54 Å². The largest absolute Gasteiger partial charge is 0.480 e. The van der Waals surface area contributed by atoms with Crippen LogP contribution in [0.2, 0.25) is 0 Å². The molecule has 3 aliphatic rings. The monoisotopic (exact) mass is 538 g/mol. The minimum atomic E-state index is -0.978. The average molecular weight is 539 g/mol. The van der Waals surface area contributed by atoms with Crippen LogP contribution in [0.15, 0.2) is 30.5 Å². The molecule has 2 aromatic rings. The summed E-state index contributed by atoms with van der Waals surface area (Å²) in [7, 11) is 0. The topological polar surface area (TPSA) is 129 Å². The van der Waals surface area contributed by atoms with E-state index in [2.05, 4.69) is 10.3 Å². The van der Waals surface area contributed by atoms with E-state index in [-0.39, 0.29) is 49.5 Å². The Kier molecular flexibility index (Phi) is 6.98. The molecule has 1 aromatic carbocycles. The van der Waals surface area contributed by atoms with E-state index in [9.17, 15) is 24.3 Å². The molecule has 0 spiro atoms. The summed E-state index contributed by atoms with van der Waals surface area (Å²) in [6.07, 6.45) is 1.93. The van der Waals surface area contributed by atoms with Crippen molar-refractivity contribution in [1.29, 1.82) is 0 Å². The number of halogens is 1. The average Bonchev–Trinajstić information content (AvgIpc) is 3.39. The highest BCUT2D eigenvalue weighted by Crippen LogP contribution is 2.33. The number of carbonyl (C=O) groups is 4. The highest BCUT2D eigenvalue weighted by Gasteiger charge is 2.40. The minimum absolute atomic E-state index is 0.0784.